The van der Waals surface area contributed by atoms with E-state index >= 15 is 0 Å². The molecule has 0 aliphatic carbocycles. The Hall–Kier alpha value is -2.48. The van der Waals surface area contributed by atoms with E-state index in [9.17, 15) is 0 Å². The van der Waals surface area contributed by atoms with E-state index in [0.29, 0.717) is 0 Å². The summed E-state index contributed by atoms with van der Waals surface area (Å²) in [5.74, 6) is 2.04. The SMILES string of the molecule is CSCCC(c1nnnn1-c1c(C)cccc1C)N1CCN(C/C=C/c2ccccc2)CC1. The van der Waals surface area contributed by atoms with Gasteiger partial charge in [0.25, 0.3) is 0 Å². The minimum Gasteiger partial charge on any atom is -0.297 e. The van der Waals surface area contributed by atoms with Gasteiger partial charge in [-0.1, -0.05) is 60.7 Å². The van der Waals surface area contributed by atoms with E-state index in [0.717, 1.165) is 56.4 Å². The van der Waals surface area contributed by atoms with Crippen LogP contribution in [0, 0.1) is 13.8 Å². The van der Waals surface area contributed by atoms with Gasteiger partial charge in [-0.25, -0.2) is 0 Å². The van der Waals surface area contributed by atoms with E-state index in [2.05, 4.69) is 106 Å². The molecule has 1 aliphatic rings. The molecule has 0 bridgehead atoms. The Labute approximate surface area is 201 Å². The number of aryl methyl sites for hydroxylation is 2. The van der Waals surface area contributed by atoms with Gasteiger partial charge in [-0.2, -0.15) is 16.4 Å². The van der Waals surface area contributed by atoms with Gasteiger partial charge in [0.1, 0.15) is 0 Å². The van der Waals surface area contributed by atoms with Gasteiger partial charge in [0, 0.05) is 32.7 Å². The molecule has 33 heavy (non-hydrogen) atoms. The van der Waals surface area contributed by atoms with Gasteiger partial charge in [0.2, 0.25) is 0 Å². The van der Waals surface area contributed by atoms with Crippen molar-refractivity contribution in [3.8, 4) is 5.69 Å². The number of thioether (sulfide) groups is 1. The summed E-state index contributed by atoms with van der Waals surface area (Å²) >= 11 is 1.88. The highest BCUT2D eigenvalue weighted by molar-refractivity contribution is 7.98. The summed E-state index contributed by atoms with van der Waals surface area (Å²) in [5, 5.41) is 13.0. The highest BCUT2D eigenvalue weighted by Gasteiger charge is 2.29. The molecule has 2 heterocycles. The summed E-state index contributed by atoms with van der Waals surface area (Å²) in [6.07, 6.45) is 7.70. The predicted molar refractivity (Wildman–Crippen MR) is 138 cm³/mol. The number of hydrogen-bond donors (Lipinski definition) is 0. The molecule has 0 spiro atoms. The standard InChI is InChI=1S/C26H34N6S/c1-21-9-7-10-22(2)25(21)32-26(27-28-29-32)24(14-20-33-3)31-18-16-30(17-19-31)15-8-13-23-11-5-4-6-12-23/h4-13,24H,14-20H2,1-3H3/b13-8+. The Morgan fingerprint density at radius 2 is 1.70 bits per heavy atom. The van der Waals surface area contributed by atoms with Gasteiger partial charge in [-0.05, 0) is 59.4 Å². The molecule has 0 radical (unpaired) electrons. The fraction of sp³-hybridized carbons (Fsp3) is 0.423. The van der Waals surface area contributed by atoms with Crippen LogP contribution in [0.15, 0.2) is 54.6 Å². The van der Waals surface area contributed by atoms with Crippen molar-refractivity contribution in [2.24, 2.45) is 0 Å². The van der Waals surface area contributed by atoms with Crippen molar-refractivity contribution in [3.63, 3.8) is 0 Å². The highest BCUT2D eigenvalue weighted by atomic mass is 32.2. The van der Waals surface area contributed by atoms with E-state index in [-0.39, 0.29) is 6.04 Å². The Morgan fingerprint density at radius 3 is 2.39 bits per heavy atom. The number of aromatic nitrogens is 4. The summed E-state index contributed by atoms with van der Waals surface area (Å²) < 4.78 is 1.98. The molecule has 0 saturated carbocycles. The fourth-order valence-electron chi connectivity index (χ4n) is 4.56. The van der Waals surface area contributed by atoms with Crippen molar-refractivity contribution in [1.29, 1.82) is 0 Å². The first-order valence-electron chi connectivity index (χ1n) is 11.7. The van der Waals surface area contributed by atoms with E-state index in [1.54, 1.807) is 0 Å². The van der Waals surface area contributed by atoms with Crippen molar-refractivity contribution < 1.29 is 0 Å². The molecule has 4 rings (SSSR count). The number of para-hydroxylation sites is 1. The van der Waals surface area contributed by atoms with Gasteiger partial charge in [-0.15, -0.1) is 5.10 Å². The van der Waals surface area contributed by atoms with Gasteiger partial charge < -0.3 is 0 Å². The monoisotopic (exact) mass is 462 g/mol. The largest absolute Gasteiger partial charge is 0.297 e. The maximum absolute atomic E-state index is 4.53. The van der Waals surface area contributed by atoms with Crippen molar-refractivity contribution in [2.75, 3.05) is 44.7 Å². The molecule has 1 saturated heterocycles. The van der Waals surface area contributed by atoms with Gasteiger partial charge in [-0.3, -0.25) is 9.80 Å². The van der Waals surface area contributed by atoms with Crippen LogP contribution in [-0.2, 0) is 0 Å². The molecule has 2 aromatic carbocycles. The zero-order chi connectivity index (χ0) is 23.0. The Kier molecular flexibility index (Phi) is 8.31. The molecule has 0 amide bonds. The molecule has 7 heteroatoms. The molecular weight excluding hydrogens is 428 g/mol. The van der Waals surface area contributed by atoms with Crippen LogP contribution >= 0.6 is 11.8 Å². The molecule has 6 nitrogen and oxygen atoms in total. The van der Waals surface area contributed by atoms with Crippen molar-refractivity contribution in [2.45, 2.75) is 26.3 Å². The third-order valence-electron chi connectivity index (χ3n) is 6.36. The fourth-order valence-corrected chi connectivity index (χ4v) is 5.02. The van der Waals surface area contributed by atoms with Crippen LogP contribution in [0.4, 0.5) is 0 Å². The maximum Gasteiger partial charge on any atom is 0.173 e. The first kappa shape index (κ1) is 23.7. The zero-order valence-electron chi connectivity index (χ0n) is 19.9. The van der Waals surface area contributed by atoms with Crippen molar-refractivity contribution in [1.82, 2.24) is 30.0 Å². The van der Waals surface area contributed by atoms with Crippen LogP contribution in [0.25, 0.3) is 11.8 Å². The zero-order valence-corrected chi connectivity index (χ0v) is 20.7. The lowest BCUT2D eigenvalue weighted by Gasteiger charge is -2.38. The normalized spacial score (nSPS) is 16.5. The lowest BCUT2D eigenvalue weighted by Crippen LogP contribution is -2.48. The molecule has 3 aromatic rings. The summed E-state index contributed by atoms with van der Waals surface area (Å²) in [7, 11) is 0. The number of piperazine rings is 1. The van der Waals surface area contributed by atoms with Gasteiger partial charge >= 0.3 is 0 Å². The third-order valence-corrected chi connectivity index (χ3v) is 7.00. The molecule has 174 valence electrons. The van der Waals surface area contributed by atoms with Crippen LogP contribution in [0.5, 0.6) is 0 Å². The van der Waals surface area contributed by atoms with Crippen LogP contribution in [0.1, 0.15) is 35.0 Å². The van der Waals surface area contributed by atoms with E-state index in [1.807, 2.05) is 16.4 Å². The average molecular weight is 463 g/mol. The summed E-state index contributed by atoms with van der Waals surface area (Å²) in [6, 6.07) is 17.1. The lowest BCUT2D eigenvalue weighted by molar-refractivity contribution is 0.0965. The van der Waals surface area contributed by atoms with Crippen LogP contribution in [0.2, 0.25) is 0 Å². The van der Waals surface area contributed by atoms with E-state index in [1.165, 1.54) is 16.7 Å². The molecule has 1 fully saturated rings. The quantitative estimate of drug-likeness (QED) is 0.470. The van der Waals surface area contributed by atoms with Crippen molar-refractivity contribution in [3.05, 3.63) is 77.1 Å². The molecule has 1 atom stereocenters. The third kappa shape index (κ3) is 5.91. The van der Waals surface area contributed by atoms with E-state index in [4.69, 9.17) is 0 Å². The number of benzene rings is 2. The first-order valence-corrected chi connectivity index (χ1v) is 13.1. The average Bonchev–Trinajstić information content (AvgIpc) is 3.30. The summed E-state index contributed by atoms with van der Waals surface area (Å²) in [4.78, 5) is 5.10. The summed E-state index contributed by atoms with van der Waals surface area (Å²) in [5.41, 5.74) is 4.76. The minimum absolute atomic E-state index is 0.216. The maximum atomic E-state index is 4.53. The number of nitrogens with zero attached hydrogens (tertiary/aromatic N) is 6. The van der Waals surface area contributed by atoms with Crippen LogP contribution in [0.3, 0.4) is 0 Å². The minimum atomic E-state index is 0.216. The topological polar surface area (TPSA) is 50.1 Å². The Morgan fingerprint density at radius 1 is 0.970 bits per heavy atom. The van der Waals surface area contributed by atoms with Crippen LogP contribution < -0.4 is 0 Å². The summed E-state index contributed by atoms with van der Waals surface area (Å²) in [6.45, 7) is 9.41. The number of hydrogen-bond acceptors (Lipinski definition) is 6. The molecule has 1 aromatic heterocycles. The van der Waals surface area contributed by atoms with Crippen LogP contribution in [-0.4, -0.2) is 74.7 Å². The lowest BCUT2D eigenvalue weighted by atomic mass is 10.1. The van der Waals surface area contributed by atoms with Crippen molar-refractivity contribution >= 4 is 17.8 Å². The van der Waals surface area contributed by atoms with E-state index < -0.39 is 0 Å². The smallest absolute Gasteiger partial charge is 0.173 e. The Bertz CT molecular complexity index is 1020. The molecule has 0 N–H and O–H groups in total. The number of tetrazole rings is 1. The highest BCUT2D eigenvalue weighted by Crippen LogP contribution is 2.28. The second-order valence-corrected chi connectivity index (χ2v) is 9.62. The molecule has 1 unspecified atom stereocenters. The molecule has 1 aliphatic heterocycles. The second kappa shape index (κ2) is 11.6. The second-order valence-electron chi connectivity index (χ2n) is 8.64. The Balaban J connectivity index is 1.45. The number of rotatable bonds is 9. The molecular formula is C26H34N6S. The predicted octanol–water partition coefficient (Wildman–Crippen LogP) is 4.40. The van der Waals surface area contributed by atoms with Gasteiger partial charge in [0.05, 0.1) is 11.7 Å². The van der Waals surface area contributed by atoms with Gasteiger partial charge in [0.15, 0.2) is 5.82 Å². The first-order chi connectivity index (χ1) is 16.2.